The Morgan fingerprint density at radius 2 is 1.16 bits per heavy atom. The van der Waals surface area contributed by atoms with Crippen molar-refractivity contribution in [1.29, 1.82) is 0 Å². The fourth-order valence-electron chi connectivity index (χ4n) is 8.24. The van der Waals surface area contributed by atoms with E-state index in [0.29, 0.717) is 91.8 Å². The molecule has 0 radical (unpaired) electrons. The second-order valence-corrected chi connectivity index (χ2v) is 23.2. The van der Waals surface area contributed by atoms with Crippen molar-refractivity contribution in [1.82, 2.24) is 19.1 Å². The Kier molecular flexibility index (Phi) is 18.7. The fraction of sp³-hybridized carbons (Fsp3) is 0.520. The molecule has 0 saturated heterocycles. The van der Waals surface area contributed by atoms with E-state index in [1.165, 1.54) is 22.7 Å². The van der Waals surface area contributed by atoms with Gasteiger partial charge < -0.3 is 24.1 Å². The van der Waals surface area contributed by atoms with Gasteiger partial charge in [-0.2, -0.15) is 0 Å². The van der Waals surface area contributed by atoms with Crippen LogP contribution in [-0.2, 0) is 54.8 Å². The van der Waals surface area contributed by atoms with E-state index in [4.69, 9.17) is 57.1 Å². The van der Waals surface area contributed by atoms with E-state index in [2.05, 4.69) is 4.99 Å². The van der Waals surface area contributed by atoms with Crippen molar-refractivity contribution in [3.05, 3.63) is 109 Å². The largest absolute Gasteiger partial charge is 0.460 e. The highest BCUT2D eigenvalue weighted by Crippen LogP contribution is 2.47. The van der Waals surface area contributed by atoms with Crippen molar-refractivity contribution in [2.75, 3.05) is 14.2 Å². The minimum atomic E-state index is -0.670. The number of hydrogen-bond donors (Lipinski definition) is 1. The maximum absolute atomic E-state index is 13.6. The molecular weight excluding hydrogens is 964 g/mol. The van der Waals surface area contributed by atoms with E-state index in [1.807, 2.05) is 122 Å². The summed E-state index contributed by atoms with van der Waals surface area (Å²) < 4.78 is 26.0. The fourth-order valence-corrected chi connectivity index (χ4v) is 11.4. The molecule has 13 nitrogen and oxygen atoms in total. The summed E-state index contributed by atoms with van der Waals surface area (Å²) in [5, 5.41) is 15.4. The van der Waals surface area contributed by atoms with Gasteiger partial charge in [0.05, 0.1) is 27.0 Å². The minimum absolute atomic E-state index is 0.158. The molecule has 2 aliphatic carbocycles. The first kappa shape index (κ1) is 53.5. The van der Waals surface area contributed by atoms with Gasteiger partial charge in [-0.05, 0) is 129 Å². The highest BCUT2D eigenvalue weighted by Gasteiger charge is 2.46. The lowest BCUT2D eigenvalue weighted by atomic mass is 9.70. The van der Waals surface area contributed by atoms with Crippen LogP contribution in [-0.4, -0.2) is 72.9 Å². The van der Waals surface area contributed by atoms with Crippen LogP contribution >= 0.6 is 57.6 Å². The number of methoxy groups -OCH3 is 2. The zero-order chi connectivity index (χ0) is 49.1. The summed E-state index contributed by atoms with van der Waals surface area (Å²) >= 11 is 17.4. The molecule has 0 spiro atoms. The molecule has 0 amide bonds. The molecule has 68 heavy (non-hydrogen) atoms. The van der Waals surface area contributed by atoms with Crippen LogP contribution in [0.4, 0.5) is 11.6 Å². The summed E-state index contributed by atoms with van der Waals surface area (Å²) in [7, 11) is 3.30. The quantitative estimate of drug-likeness (QED) is 0.106. The highest BCUT2D eigenvalue weighted by atomic mass is 35.5. The molecule has 0 unspecified atom stereocenters. The van der Waals surface area contributed by atoms with Gasteiger partial charge in [0, 0.05) is 71.7 Å². The Hall–Kier alpha value is -3.87. The van der Waals surface area contributed by atoms with Gasteiger partial charge in [0.25, 0.3) is 0 Å². The van der Waals surface area contributed by atoms with E-state index in [1.54, 1.807) is 32.0 Å². The number of pyridine rings is 2. The Bertz CT molecular complexity index is 2600. The number of carbonyl (C=O) groups excluding carboxylic acids is 2. The molecule has 1 aromatic carbocycles. The average molecular weight is 1030 g/mol. The van der Waals surface area contributed by atoms with Crippen LogP contribution in [0.1, 0.15) is 104 Å². The maximum atomic E-state index is 13.6. The molecule has 4 aromatic heterocycles. The normalized spacial score (nSPS) is 21.5. The van der Waals surface area contributed by atoms with Gasteiger partial charge in [-0.1, -0.05) is 41.4 Å². The number of benzene rings is 1. The Morgan fingerprint density at radius 3 is 1.60 bits per heavy atom. The SMILES string of the molecule is COCn1ccsc1=Nc1cccc(CC2(C(=O)OC(C)(C)C)CCC(O)CC2)n1.COCn1ccsc1=Nc1cccc(CC2(C(=O)OC(C)(C)C)CCC(Sc3cccc(Cl)c3Cl)CC2)n1. The van der Waals surface area contributed by atoms with Crippen molar-refractivity contribution in [2.24, 2.45) is 20.8 Å². The van der Waals surface area contributed by atoms with Crippen LogP contribution in [0.25, 0.3) is 0 Å². The minimum Gasteiger partial charge on any atom is -0.460 e. The number of esters is 2. The predicted octanol–water partition coefficient (Wildman–Crippen LogP) is 11.3. The van der Waals surface area contributed by atoms with E-state index in [-0.39, 0.29) is 18.0 Å². The van der Waals surface area contributed by atoms with Crippen LogP contribution < -0.4 is 9.60 Å². The Labute approximate surface area is 422 Å². The summed E-state index contributed by atoms with van der Waals surface area (Å²) in [5.41, 5.74) is -0.810. The summed E-state index contributed by atoms with van der Waals surface area (Å²) in [6.07, 6.45) is 9.98. The predicted molar refractivity (Wildman–Crippen MR) is 271 cm³/mol. The van der Waals surface area contributed by atoms with Crippen LogP contribution in [0, 0.1) is 10.8 Å². The number of halogens is 2. The van der Waals surface area contributed by atoms with Gasteiger partial charge in [-0.25, -0.2) is 20.0 Å². The molecule has 0 bridgehead atoms. The molecular formula is C50H64Cl2N6O7S3. The second-order valence-electron chi connectivity index (χ2n) is 19.4. The third kappa shape index (κ3) is 15.1. The number of thioether (sulfide) groups is 1. The highest BCUT2D eigenvalue weighted by molar-refractivity contribution is 8.00. The lowest BCUT2D eigenvalue weighted by Crippen LogP contribution is -2.43. The summed E-state index contributed by atoms with van der Waals surface area (Å²) in [4.78, 5) is 48.2. The number of hydrogen-bond acceptors (Lipinski definition) is 14. The molecule has 2 saturated carbocycles. The van der Waals surface area contributed by atoms with Gasteiger partial charge in [-0.3, -0.25) is 18.7 Å². The Morgan fingerprint density at radius 1 is 0.721 bits per heavy atom. The first-order valence-corrected chi connectivity index (χ1v) is 26.2. The van der Waals surface area contributed by atoms with Gasteiger partial charge >= 0.3 is 11.9 Å². The van der Waals surface area contributed by atoms with E-state index in [9.17, 15) is 14.7 Å². The zero-order valence-corrected chi connectivity index (χ0v) is 44.2. The number of rotatable bonds is 14. The zero-order valence-electron chi connectivity index (χ0n) is 40.2. The first-order valence-electron chi connectivity index (χ1n) is 22.8. The number of aliphatic hydroxyl groups excluding tert-OH is 1. The maximum Gasteiger partial charge on any atom is 0.312 e. The lowest BCUT2D eigenvalue weighted by Gasteiger charge is -2.39. The smallest absolute Gasteiger partial charge is 0.312 e. The molecule has 5 aromatic rings. The van der Waals surface area contributed by atoms with E-state index in [0.717, 1.165) is 38.7 Å². The van der Waals surface area contributed by atoms with E-state index < -0.39 is 22.0 Å². The van der Waals surface area contributed by atoms with Gasteiger partial charge in [-0.15, -0.1) is 34.4 Å². The lowest BCUT2D eigenvalue weighted by molar-refractivity contribution is -0.171. The molecule has 0 atom stereocenters. The van der Waals surface area contributed by atoms with Crippen LogP contribution in [0.3, 0.4) is 0 Å². The van der Waals surface area contributed by atoms with Crippen molar-refractivity contribution >= 4 is 81.2 Å². The average Bonchev–Trinajstić information content (AvgIpc) is 3.92. The molecule has 0 aliphatic heterocycles. The number of carbonyl (C=O) groups is 2. The van der Waals surface area contributed by atoms with Crippen molar-refractivity contribution < 1.29 is 33.6 Å². The van der Waals surface area contributed by atoms with Crippen molar-refractivity contribution in [3.8, 4) is 0 Å². The first-order chi connectivity index (χ1) is 32.3. The third-order valence-corrected chi connectivity index (χ3v) is 15.5. The van der Waals surface area contributed by atoms with Gasteiger partial charge in [0.2, 0.25) is 0 Å². The number of nitrogens with zero attached hydrogens (tertiary/aromatic N) is 6. The molecule has 2 fully saturated rings. The third-order valence-electron chi connectivity index (χ3n) is 11.6. The number of ether oxygens (including phenoxy) is 4. The van der Waals surface area contributed by atoms with Gasteiger partial charge in [0.15, 0.2) is 21.2 Å². The van der Waals surface area contributed by atoms with Gasteiger partial charge in [0.1, 0.15) is 24.7 Å². The van der Waals surface area contributed by atoms with Crippen LogP contribution in [0.2, 0.25) is 10.0 Å². The number of aromatic nitrogens is 4. The summed E-state index contributed by atoms with van der Waals surface area (Å²) in [6.45, 7) is 12.2. The second kappa shape index (κ2) is 23.8. The van der Waals surface area contributed by atoms with Crippen molar-refractivity contribution in [2.45, 2.75) is 147 Å². The summed E-state index contributed by atoms with van der Waals surface area (Å²) in [6, 6.07) is 17.2. The molecule has 4 heterocycles. The topological polar surface area (TPSA) is 152 Å². The summed E-state index contributed by atoms with van der Waals surface area (Å²) in [5.74, 6) is 0.834. The monoisotopic (exact) mass is 1030 g/mol. The van der Waals surface area contributed by atoms with Crippen LogP contribution in [0.5, 0.6) is 0 Å². The number of thiazole rings is 2. The molecule has 368 valence electrons. The Balaban J connectivity index is 0.000000230. The molecule has 2 aliphatic rings. The van der Waals surface area contributed by atoms with Crippen molar-refractivity contribution in [3.63, 3.8) is 0 Å². The van der Waals surface area contributed by atoms with E-state index >= 15 is 0 Å². The molecule has 7 rings (SSSR count). The molecule has 1 N–H and O–H groups in total. The standard InChI is InChI=1S/C28H33Cl2N3O3S2.C22H31N3O4S/c1-27(2,3)36-25(34)28(13-11-20(12-14-28)38-22-9-6-8-21(29)24(22)30)17-19-7-5-10-23(31-19)32-26-33(18-35-4)15-16-37-26;1-21(2,3)29-19(27)22(10-8-17(26)9-11-22)14-16-6-5-7-18(23-16)24-20-25(15-28-4)12-13-30-20/h5-10,15-16,20H,11-14,17-18H2,1-4H3;5-7,12-13,17,26H,8-11,14-15H2,1-4H3. The molecule has 18 heteroatoms. The number of aliphatic hydroxyl groups is 1. The van der Waals surface area contributed by atoms with Crippen LogP contribution in [0.15, 0.2) is 92.6 Å².